The van der Waals surface area contributed by atoms with E-state index in [1.807, 2.05) is 37.3 Å². The van der Waals surface area contributed by atoms with E-state index >= 15 is 0 Å². The Morgan fingerprint density at radius 3 is 2.58 bits per heavy atom. The summed E-state index contributed by atoms with van der Waals surface area (Å²) < 4.78 is 14.7. The molecule has 0 unspecified atom stereocenters. The fraction of sp³-hybridized carbons (Fsp3) is 0.233. The second-order valence-corrected chi connectivity index (χ2v) is 9.58. The van der Waals surface area contributed by atoms with Crippen LogP contribution < -0.4 is 21.3 Å². The summed E-state index contributed by atoms with van der Waals surface area (Å²) in [6.07, 6.45) is 5.59. The minimum absolute atomic E-state index is 0.0853. The molecule has 2 aliphatic rings. The number of halogens is 1. The number of pyridine rings is 1. The van der Waals surface area contributed by atoms with Gasteiger partial charge in [0.25, 0.3) is 11.8 Å². The minimum Gasteiger partial charge on any atom is -0.370 e. The van der Waals surface area contributed by atoms with Crippen molar-refractivity contribution in [2.24, 2.45) is 0 Å². The first-order valence-electron chi connectivity index (χ1n) is 13.2. The molecule has 0 aliphatic carbocycles. The number of nitrogens with zero attached hydrogens (tertiary/aromatic N) is 3. The molecule has 4 aromatic rings. The van der Waals surface area contributed by atoms with Crippen LogP contribution in [0.2, 0.25) is 0 Å². The maximum atomic E-state index is 14.7. The SMILES string of the molecule is Cc1cnc2nc1NCCCCCNC(=O)c1ccc(cc1C(=O)NCc1ccccc1)-c1cnc(F)c(c1)N2. The van der Waals surface area contributed by atoms with E-state index in [1.54, 1.807) is 30.5 Å². The zero-order valence-electron chi connectivity index (χ0n) is 22.1. The Hall–Kier alpha value is -4.86. The number of aromatic nitrogens is 3. The van der Waals surface area contributed by atoms with E-state index < -0.39 is 5.95 Å². The van der Waals surface area contributed by atoms with Crippen molar-refractivity contribution in [3.8, 4) is 11.1 Å². The lowest BCUT2D eigenvalue weighted by atomic mass is 9.98. The second-order valence-electron chi connectivity index (χ2n) is 9.58. The van der Waals surface area contributed by atoms with Crippen LogP contribution in [0.3, 0.4) is 0 Å². The van der Waals surface area contributed by atoms with E-state index in [9.17, 15) is 14.0 Å². The van der Waals surface area contributed by atoms with Crippen molar-refractivity contribution in [2.45, 2.75) is 32.7 Å². The number of fused-ring (bicyclic) bond motifs is 9. The summed E-state index contributed by atoms with van der Waals surface area (Å²) in [5, 5.41) is 12.1. The zero-order chi connectivity index (χ0) is 27.9. The van der Waals surface area contributed by atoms with Gasteiger partial charge >= 0.3 is 0 Å². The van der Waals surface area contributed by atoms with Gasteiger partial charge in [0.15, 0.2) is 0 Å². The summed E-state index contributed by atoms with van der Waals surface area (Å²) in [7, 11) is 0. The van der Waals surface area contributed by atoms with Gasteiger partial charge in [0.05, 0.1) is 16.8 Å². The molecule has 6 rings (SSSR count). The molecule has 4 N–H and O–H groups in total. The van der Waals surface area contributed by atoms with Crippen LogP contribution in [0.25, 0.3) is 11.1 Å². The molecule has 2 aromatic carbocycles. The highest BCUT2D eigenvalue weighted by Crippen LogP contribution is 2.28. The first-order chi connectivity index (χ1) is 19.5. The number of carbonyl (C=O) groups excluding carboxylic acids is 2. The topological polar surface area (TPSA) is 121 Å². The number of amides is 2. The summed E-state index contributed by atoms with van der Waals surface area (Å²) in [6.45, 7) is 3.38. The van der Waals surface area contributed by atoms with E-state index in [0.29, 0.717) is 36.6 Å². The Morgan fingerprint density at radius 2 is 1.75 bits per heavy atom. The van der Waals surface area contributed by atoms with Gasteiger partial charge in [0.1, 0.15) is 5.82 Å². The normalized spacial score (nSPS) is 13.6. The summed E-state index contributed by atoms with van der Waals surface area (Å²) in [6, 6.07) is 16.1. The molecule has 10 heteroatoms. The Morgan fingerprint density at radius 1 is 0.950 bits per heavy atom. The third-order valence-corrected chi connectivity index (χ3v) is 6.63. The molecule has 0 spiro atoms. The molecule has 204 valence electrons. The molecule has 9 nitrogen and oxygen atoms in total. The van der Waals surface area contributed by atoms with Gasteiger partial charge in [-0.3, -0.25) is 9.59 Å². The van der Waals surface area contributed by atoms with Crippen LogP contribution in [0.5, 0.6) is 0 Å². The first kappa shape index (κ1) is 26.7. The van der Waals surface area contributed by atoms with Gasteiger partial charge in [0, 0.05) is 43.2 Å². The summed E-state index contributed by atoms with van der Waals surface area (Å²) in [4.78, 5) is 39.2. The molecule has 0 radical (unpaired) electrons. The molecule has 0 atom stereocenters. The Kier molecular flexibility index (Phi) is 8.24. The van der Waals surface area contributed by atoms with Crippen LogP contribution in [-0.4, -0.2) is 39.9 Å². The molecule has 4 heterocycles. The van der Waals surface area contributed by atoms with Gasteiger partial charge in [-0.2, -0.15) is 9.37 Å². The van der Waals surface area contributed by atoms with Crippen molar-refractivity contribution in [1.29, 1.82) is 0 Å². The molecular weight excluding hydrogens is 509 g/mol. The van der Waals surface area contributed by atoms with E-state index in [1.165, 1.54) is 6.20 Å². The van der Waals surface area contributed by atoms with E-state index in [4.69, 9.17) is 0 Å². The predicted molar refractivity (Wildman–Crippen MR) is 152 cm³/mol. The highest BCUT2D eigenvalue weighted by molar-refractivity contribution is 6.08. The molecule has 2 aliphatic heterocycles. The number of carbonyl (C=O) groups is 2. The maximum absolute atomic E-state index is 14.7. The largest absolute Gasteiger partial charge is 0.370 e. The monoisotopic (exact) mass is 539 g/mol. The van der Waals surface area contributed by atoms with Crippen LogP contribution in [0.15, 0.2) is 67.0 Å². The number of aryl methyl sites for hydroxylation is 1. The lowest BCUT2D eigenvalue weighted by Gasteiger charge is -2.14. The highest BCUT2D eigenvalue weighted by atomic mass is 19.1. The number of hydrogen-bond donors (Lipinski definition) is 4. The fourth-order valence-corrected chi connectivity index (χ4v) is 4.41. The van der Waals surface area contributed by atoms with Crippen molar-refractivity contribution in [2.75, 3.05) is 23.7 Å². The van der Waals surface area contributed by atoms with Crippen molar-refractivity contribution in [3.05, 3.63) is 95.2 Å². The number of hydrogen-bond acceptors (Lipinski definition) is 7. The standard InChI is InChI=1S/C30H30FN7O2/c1-19-16-36-30-37-25-15-22(18-34-26(25)31)21-10-11-23(28(39)33-13-7-3-6-12-32-27(19)38-30)24(14-21)29(40)35-17-20-8-4-2-5-9-20/h2,4-5,8-11,14-16,18H,3,6-7,12-13,17H2,1H3,(H,33,39)(H,35,40)(H2,32,36,37,38). The number of rotatable bonds is 3. The second kappa shape index (κ2) is 12.3. The first-order valence-corrected chi connectivity index (χ1v) is 13.2. The zero-order valence-corrected chi connectivity index (χ0v) is 22.1. The van der Waals surface area contributed by atoms with E-state index in [0.717, 1.165) is 30.4 Å². The highest BCUT2D eigenvalue weighted by Gasteiger charge is 2.19. The predicted octanol–water partition coefficient (Wildman–Crippen LogP) is 4.99. The van der Waals surface area contributed by atoms with Gasteiger partial charge in [0.2, 0.25) is 11.9 Å². The van der Waals surface area contributed by atoms with Crippen molar-refractivity contribution in [3.63, 3.8) is 0 Å². The Labute approximate surface area is 231 Å². The summed E-state index contributed by atoms with van der Waals surface area (Å²) >= 11 is 0. The van der Waals surface area contributed by atoms with Gasteiger partial charge in [-0.15, -0.1) is 0 Å². The molecule has 40 heavy (non-hydrogen) atoms. The quantitative estimate of drug-likeness (QED) is 0.271. The minimum atomic E-state index is -0.717. The molecular formula is C30H30FN7O2. The average Bonchev–Trinajstić information content (AvgIpc) is 2.97. The summed E-state index contributed by atoms with van der Waals surface area (Å²) in [5.41, 5.74) is 3.53. The summed E-state index contributed by atoms with van der Waals surface area (Å²) in [5.74, 6) is -0.536. The van der Waals surface area contributed by atoms with E-state index in [2.05, 4.69) is 36.2 Å². The lowest BCUT2D eigenvalue weighted by Crippen LogP contribution is -2.30. The van der Waals surface area contributed by atoms with Crippen molar-refractivity contribution < 1.29 is 14.0 Å². The molecule has 6 bridgehead atoms. The molecule has 0 saturated carbocycles. The van der Waals surface area contributed by atoms with Gasteiger partial charge in [-0.25, -0.2) is 9.97 Å². The number of benzene rings is 2. The van der Waals surface area contributed by atoms with Gasteiger partial charge in [-0.1, -0.05) is 36.4 Å². The van der Waals surface area contributed by atoms with Crippen LogP contribution in [0.1, 0.15) is 51.1 Å². The van der Waals surface area contributed by atoms with Crippen molar-refractivity contribution >= 4 is 29.3 Å². The van der Waals surface area contributed by atoms with Crippen LogP contribution >= 0.6 is 0 Å². The van der Waals surface area contributed by atoms with Gasteiger partial charge in [-0.05, 0) is 55.5 Å². The van der Waals surface area contributed by atoms with E-state index in [-0.39, 0.29) is 34.6 Å². The number of nitrogens with one attached hydrogen (secondary N) is 4. The fourth-order valence-electron chi connectivity index (χ4n) is 4.41. The van der Waals surface area contributed by atoms with Crippen LogP contribution in [0, 0.1) is 12.9 Å². The Balaban J connectivity index is 1.51. The lowest BCUT2D eigenvalue weighted by molar-refractivity contribution is 0.0917. The number of anilines is 3. The van der Waals surface area contributed by atoms with Crippen LogP contribution in [0.4, 0.5) is 21.8 Å². The molecule has 0 fully saturated rings. The Bertz CT molecular complexity index is 1530. The average molecular weight is 540 g/mol. The smallest absolute Gasteiger partial charge is 0.252 e. The third kappa shape index (κ3) is 6.40. The van der Waals surface area contributed by atoms with Crippen molar-refractivity contribution in [1.82, 2.24) is 25.6 Å². The molecule has 2 aromatic heterocycles. The molecule has 2 amide bonds. The molecule has 0 saturated heterocycles. The maximum Gasteiger partial charge on any atom is 0.252 e. The third-order valence-electron chi connectivity index (χ3n) is 6.63. The van der Waals surface area contributed by atoms with Crippen LogP contribution in [-0.2, 0) is 6.54 Å². The van der Waals surface area contributed by atoms with Gasteiger partial charge < -0.3 is 21.3 Å².